The van der Waals surface area contributed by atoms with Crippen LogP contribution in [0.5, 0.6) is 11.5 Å². The molecule has 2 aliphatic rings. The molecule has 0 saturated carbocycles. The van der Waals surface area contributed by atoms with Gasteiger partial charge in [-0.2, -0.15) is 12.7 Å². The molecule has 0 aromatic heterocycles. The maximum absolute atomic E-state index is 12.2. The lowest BCUT2D eigenvalue weighted by molar-refractivity contribution is 0.0733. The van der Waals surface area contributed by atoms with Crippen molar-refractivity contribution in [2.24, 2.45) is 0 Å². The molecule has 20 heavy (non-hydrogen) atoms. The molecule has 0 radical (unpaired) electrons. The highest BCUT2D eigenvalue weighted by molar-refractivity contribution is 7.90. The molecule has 0 aliphatic carbocycles. The van der Waals surface area contributed by atoms with E-state index >= 15 is 0 Å². The van der Waals surface area contributed by atoms with Crippen LogP contribution < -0.4 is 14.2 Å². The van der Waals surface area contributed by atoms with Gasteiger partial charge in [0, 0.05) is 19.2 Å². The van der Waals surface area contributed by atoms with Crippen LogP contribution in [0.1, 0.15) is 0 Å². The van der Waals surface area contributed by atoms with E-state index in [-0.39, 0.29) is 0 Å². The van der Waals surface area contributed by atoms with Crippen LogP contribution in [0.15, 0.2) is 18.2 Å². The van der Waals surface area contributed by atoms with E-state index in [9.17, 15) is 8.42 Å². The Labute approximate surface area is 117 Å². The van der Waals surface area contributed by atoms with E-state index in [1.165, 1.54) is 4.31 Å². The lowest BCUT2D eigenvalue weighted by Gasteiger charge is -2.26. The summed E-state index contributed by atoms with van der Waals surface area (Å²) in [6.45, 7) is 2.53. The van der Waals surface area contributed by atoms with E-state index < -0.39 is 10.2 Å². The zero-order valence-electron chi connectivity index (χ0n) is 10.9. The Balaban J connectivity index is 1.76. The summed E-state index contributed by atoms with van der Waals surface area (Å²) in [5, 5.41) is 0. The molecule has 7 nitrogen and oxygen atoms in total. The van der Waals surface area contributed by atoms with E-state index in [0.29, 0.717) is 56.7 Å². The number of hydrogen-bond donors (Lipinski definition) is 1. The molecule has 0 spiro atoms. The van der Waals surface area contributed by atoms with Crippen LogP contribution in [0.25, 0.3) is 0 Å². The molecule has 8 heteroatoms. The average molecular weight is 300 g/mol. The van der Waals surface area contributed by atoms with Crippen molar-refractivity contribution in [2.45, 2.75) is 0 Å². The Morgan fingerprint density at radius 2 is 1.70 bits per heavy atom. The molecule has 0 atom stereocenters. The summed E-state index contributed by atoms with van der Waals surface area (Å²) in [5.74, 6) is 1.18. The first-order valence-electron chi connectivity index (χ1n) is 6.40. The van der Waals surface area contributed by atoms with Gasteiger partial charge in [-0.3, -0.25) is 4.72 Å². The Bertz CT molecular complexity index is 584. The minimum Gasteiger partial charge on any atom is -0.486 e. The van der Waals surface area contributed by atoms with E-state index in [0.717, 1.165) is 0 Å². The van der Waals surface area contributed by atoms with Crippen molar-refractivity contribution in [3.05, 3.63) is 18.2 Å². The topological polar surface area (TPSA) is 77.1 Å². The SMILES string of the molecule is O=S(=O)(Nc1ccc2c(c1)OCCO2)N1CCOCC1. The summed E-state index contributed by atoms with van der Waals surface area (Å²) < 4.78 is 44.3. The van der Waals surface area contributed by atoms with Crippen molar-refractivity contribution in [3.8, 4) is 11.5 Å². The van der Waals surface area contributed by atoms with Crippen molar-refractivity contribution in [2.75, 3.05) is 44.2 Å². The van der Waals surface area contributed by atoms with Crippen LogP contribution >= 0.6 is 0 Å². The van der Waals surface area contributed by atoms with Crippen LogP contribution in [0.3, 0.4) is 0 Å². The number of anilines is 1. The zero-order valence-corrected chi connectivity index (χ0v) is 11.7. The van der Waals surface area contributed by atoms with Gasteiger partial charge in [0.1, 0.15) is 13.2 Å². The number of nitrogens with zero attached hydrogens (tertiary/aromatic N) is 1. The van der Waals surface area contributed by atoms with Crippen molar-refractivity contribution < 1.29 is 22.6 Å². The summed E-state index contributed by atoms with van der Waals surface area (Å²) in [5.41, 5.74) is 0.459. The highest BCUT2D eigenvalue weighted by Crippen LogP contribution is 2.33. The summed E-state index contributed by atoms with van der Waals surface area (Å²) in [6.07, 6.45) is 0. The van der Waals surface area contributed by atoms with Gasteiger partial charge in [-0.15, -0.1) is 0 Å². The number of benzene rings is 1. The van der Waals surface area contributed by atoms with Gasteiger partial charge < -0.3 is 14.2 Å². The van der Waals surface area contributed by atoms with E-state index in [1.54, 1.807) is 18.2 Å². The molecule has 1 saturated heterocycles. The largest absolute Gasteiger partial charge is 0.486 e. The van der Waals surface area contributed by atoms with Crippen LogP contribution in [0.2, 0.25) is 0 Å². The van der Waals surface area contributed by atoms with Gasteiger partial charge in [0.2, 0.25) is 0 Å². The van der Waals surface area contributed by atoms with Crippen molar-refractivity contribution >= 4 is 15.9 Å². The number of nitrogens with one attached hydrogen (secondary N) is 1. The highest BCUT2D eigenvalue weighted by Gasteiger charge is 2.24. The van der Waals surface area contributed by atoms with Crippen LogP contribution in [-0.2, 0) is 14.9 Å². The number of ether oxygens (including phenoxy) is 3. The van der Waals surface area contributed by atoms with Gasteiger partial charge in [0.25, 0.3) is 0 Å². The lowest BCUT2D eigenvalue weighted by atomic mass is 10.3. The Kier molecular flexibility index (Phi) is 3.68. The smallest absolute Gasteiger partial charge is 0.301 e. The molecule has 0 unspecified atom stereocenters. The lowest BCUT2D eigenvalue weighted by Crippen LogP contribution is -2.43. The molecular formula is C12H16N2O5S. The number of rotatable bonds is 3. The minimum absolute atomic E-state index is 0.361. The predicted octanol–water partition coefficient (Wildman–Crippen LogP) is 0.447. The molecule has 110 valence electrons. The Morgan fingerprint density at radius 1 is 1.00 bits per heavy atom. The fourth-order valence-corrected chi connectivity index (χ4v) is 3.29. The zero-order chi connectivity index (χ0) is 14.0. The molecule has 2 heterocycles. The first kappa shape index (κ1) is 13.5. The molecule has 0 bridgehead atoms. The van der Waals surface area contributed by atoms with Gasteiger partial charge in [-0.05, 0) is 12.1 Å². The third-order valence-electron chi connectivity index (χ3n) is 3.10. The molecule has 1 N–H and O–H groups in total. The van der Waals surface area contributed by atoms with Gasteiger partial charge in [-0.25, -0.2) is 0 Å². The molecular weight excluding hydrogens is 284 g/mol. The second-order valence-electron chi connectivity index (χ2n) is 4.48. The molecule has 1 aromatic rings. The minimum atomic E-state index is -3.56. The van der Waals surface area contributed by atoms with E-state index in [1.807, 2.05) is 0 Å². The van der Waals surface area contributed by atoms with E-state index in [4.69, 9.17) is 14.2 Å². The first-order valence-corrected chi connectivity index (χ1v) is 7.84. The standard InChI is InChI=1S/C12H16N2O5S/c15-20(16,14-3-5-17-6-4-14)13-10-1-2-11-12(9-10)19-8-7-18-11/h1-2,9,13H,3-8H2. The third kappa shape index (κ3) is 2.82. The predicted molar refractivity (Wildman–Crippen MR) is 72.4 cm³/mol. The van der Waals surface area contributed by atoms with Crippen molar-refractivity contribution in [1.82, 2.24) is 4.31 Å². The highest BCUT2D eigenvalue weighted by atomic mass is 32.2. The van der Waals surface area contributed by atoms with Crippen molar-refractivity contribution in [1.29, 1.82) is 0 Å². The van der Waals surface area contributed by atoms with E-state index in [2.05, 4.69) is 4.72 Å². The monoisotopic (exact) mass is 300 g/mol. The number of hydrogen-bond acceptors (Lipinski definition) is 5. The van der Waals surface area contributed by atoms with Gasteiger partial charge in [0.15, 0.2) is 11.5 Å². The maximum atomic E-state index is 12.2. The Hall–Kier alpha value is -1.51. The molecule has 0 amide bonds. The quantitative estimate of drug-likeness (QED) is 0.877. The average Bonchev–Trinajstić information content (AvgIpc) is 2.48. The summed E-state index contributed by atoms with van der Waals surface area (Å²) >= 11 is 0. The fraction of sp³-hybridized carbons (Fsp3) is 0.500. The first-order chi connectivity index (χ1) is 9.65. The van der Waals surface area contributed by atoms with Crippen molar-refractivity contribution in [3.63, 3.8) is 0 Å². The number of morpholine rings is 1. The Morgan fingerprint density at radius 3 is 2.45 bits per heavy atom. The maximum Gasteiger partial charge on any atom is 0.301 e. The normalized spacial score (nSPS) is 19.6. The summed E-state index contributed by atoms with van der Waals surface area (Å²) in [4.78, 5) is 0. The second kappa shape index (κ2) is 5.47. The van der Waals surface area contributed by atoms with Gasteiger partial charge >= 0.3 is 10.2 Å². The second-order valence-corrected chi connectivity index (χ2v) is 6.15. The molecule has 1 fully saturated rings. The fourth-order valence-electron chi connectivity index (χ4n) is 2.11. The molecule has 1 aromatic carbocycles. The van der Waals surface area contributed by atoms with Gasteiger partial charge in [-0.1, -0.05) is 0 Å². The van der Waals surface area contributed by atoms with Gasteiger partial charge in [0.05, 0.1) is 18.9 Å². The summed E-state index contributed by atoms with van der Waals surface area (Å²) in [6, 6.07) is 4.99. The molecule has 2 aliphatic heterocycles. The molecule has 3 rings (SSSR count). The summed E-state index contributed by atoms with van der Waals surface area (Å²) in [7, 11) is -3.56. The third-order valence-corrected chi connectivity index (χ3v) is 4.64. The van der Waals surface area contributed by atoms with Crippen LogP contribution in [0.4, 0.5) is 5.69 Å². The van der Waals surface area contributed by atoms with Crippen LogP contribution in [0, 0.1) is 0 Å². The number of fused-ring (bicyclic) bond motifs is 1. The van der Waals surface area contributed by atoms with Crippen LogP contribution in [-0.4, -0.2) is 52.2 Å².